The van der Waals surface area contributed by atoms with Gasteiger partial charge in [-0.3, -0.25) is 0 Å². The summed E-state index contributed by atoms with van der Waals surface area (Å²) in [5, 5.41) is 4.40. The first kappa shape index (κ1) is 13.7. The summed E-state index contributed by atoms with van der Waals surface area (Å²) < 4.78 is 5.71. The minimum atomic E-state index is 0.155. The first-order valence-corrected chi connectivity index (χ1v) is 7.09. The molecule has 0 aromatic heterocycles. The third-order valence-electron chi connectivity index (χ3n) is 3.46. The fourth-order valence-electron chi connectivity index (χ4n) is 2.53. The number of fused-ring (bicyclic) bond motifs is 1. The number of rotatable bonds is 5. The molecule has 0 atom stereocenters. The maximum absolute atomic E-state index is 6.16. The molecule has 1 aromatic rings. The van der Waals surface area contributed by atoms with Gasteiger partial charge in [0.2, 0.25) is 0 Å². The Hall–Kier alpha value is -0.730. The monoisotopic (exact) mass is 267 g/mol. The molecule has 1 N–H and O–H groups in total. The van der Waals surface area contributed by atoms with Gasteiger partial charge < -0.3 is 10.1 Å². The van der Waals surface area contributed by atoms with Crippen molar-refractivity contribution in [3.63, 3.8) is 0 Å². The van der Waals surface area contributed by atoms with Crippen molar-refractivity contribution in [3.8, 4) is 5.75 Å². The molecule has 0 amide bonds. The normalized spacial score (nSPS) is 14.4. The van der Waals surface area contributed by atoms with Gasteiger partial charge in [0.05, 0.1) is 6.61 Å². The van der Waals surface area contributed by atoms with Crippen molar-refractivity contribution in [1.82, 2.24) is 5.32 Å². The Labute approximate surface area is 115 Å². The average molecular weight is 268 g/mol. The highest BCUT2D eigenvalue weighted by Crippen LogP contribution is 2.33. The molecule has 3 heteroatoms. The third-order valence-corrected chi connectivity index (χ3v) is 3.68. The van der Waals surface area contributed by atoms with Crippen LogP contribution in [0.2, 0.25) is 5.02 Å². The number of ether oxygens (including phenoxy) is 1. The summed E-state index contributed by atoms with van der Waals surface area (Å²) in [7, 11) is 0. The van der Waals surface area contributed by atoms with Crippen molar-refractivity contribution in [2.75, 3.05) is 6.61 Å². The van der Waals surface area contributed by atoms with Gasteiger partial charge in [-0.1, -0.05) is 24.9 Å². The summed E-state index contributed by atoms with van der Waals surface area (Å²) in [5.74, 6) is 1.04. The number of halogens is 1. The molecule has 0 fully saturated rings. The van der Waals surface area contributed by atoms with E-state index >= 15 is 0 Å². The molecule has 0 spiro atoms. The number of hydrogen-bond acceptors (Lipinski definition) is 2. The molecule has 0 saturated carbocycles. The first-order valence-electron chi connectivity index (χ1n) is 6.71. The van der Waals surface area contributed by atoms with E-state index in [0.717, 1.165) is 36.8 Å². The molecule has 1 aromatic carbocycles. The molecule has 0 unspecified atom stereocenters. The van der Waals surface area contributed by atoms with Crippen LogP contribution in [-0.2, 0) is 13.0 Å². The van der Waals surface area contributed by atoms with Crippen LogP contribution >= 0.6 is 11.6 Å². The van der Waals surface area contributed by atoms with Gasteiger partial charge in [-0.25, -0.2) is 0 Å². The average Bonchev–Trinajstić information content (AvgIpc) is 2.73. The van der Waals surface area contributed by atoms with E-state index in [0.29, 0.717) is 0 Å². The largest absolute Gasteiger partial charge is 0.493 e. The van der Waals surface area contributed by atoms with E-state index in [9.17, 15) is 0 Å². The van der Waals surface area contributed by atoms with Crippen LogP contribution < -0.4 is 10.1 Å². The topological polar surface area (TPSA) is 21.3 Å². The van der Waals surface area contributed by atoms with Gasteiger partial charge in [0.1, 0.15) is 5.75 Å². The second-order valence-electron chi connectivity index (χ2n) is 5.64. The molecule has 18 heavy (non-hydrogen) atoms. The van der Waals surface area contributed by atoms with E-state index in [1.54, 1.807) is 0 Å². The van der Waals surface area contributed by atoms with E-state index in [4.69, 9.17) is 16.3 Å². The molecular weight excluding hydrogens is 246 g/mol. The Morgan fingerprint density at radius 1 is 1.39 bits per heavy atom. The quantitative estimate of drug-likeness (QED) is 0.872. The van der Waals surface area contributed by atoms with Crippen LogP contribution in [0.15, 0.2) is 12.1 Å². The van der Waals surface area contributed by atoms with Gasteiger partial charge in [0.15, 0.2) is 0 Å². The summed E-state index contributed by atoms with van der Waals surface area (Å²) >= 11 is 6.16. The van der Waals surface area contributed by atoms with Crippen molar-refractivity contribution in [3.05, 3.63) is 28.3 Å². The van der Waals surface area contributed by atoms with Gasteiger partial charge in [0, 0.05) is 29.1 Å². The Morgan fingerprint density at radius 2 is 2.17 bits per heavy atom. The smallest absolute Gasteiger partial charge is 0.127 e. The number of nitrogens with one attached hydrogen (secondary N) is 1. The van der Waals surface area contributed by atoms with E-state index < -0.39 is 0 Å². The standard InChI is InChI=1S/C15H22ClNO/c1-4-6-15(2,3)17-10-12-9-13(16)8-11-5-7-18-14(11)12/h8-9,17H,4-7,10H2,1-3H3. The van der Waals surface area contributed by atoms with Crippen molar-refractivity contribution < 1.29 is 4.74 Å². The maximum atomic E-state index is 6.16. The zero-order valence-corrected chi connectivity index (χ0v) is 12.2. The third kappa shape index (κ3) is 3.18. The summed E-state index contributed by atoms with van der Waals surface area (Å²) in [4.78, 5) is 0. The highest BCUT2D eigenvalue weighted by Gasteiger charge is 2.20. The molecular formula is C15H22ClNO. The van der Waals surface area contributed by atoms with Gasteiger partial charge in [-0.15, -0.1) is 0 Å². The van der Waals surface area contributed by atoms with Crippen LogP contribution in [0.3, 0.4) is 0 Å². The zero-order chi connectivity index (χ0) is 13.2. The number of benzene rings is 1. The Balaban J connectivity index is 2.10. The van der Waals surface area contributed by atoms with Crippen LogP contribution in [-0.4, -0.2) is 12.1 Å². The zero-order valence-electron chi connectivity index (χ0n) is 11.5. The summed E-state index contributed by atoms with van der Waals surface area (Å²) in [6.07, 6.45) is 3.32. The maximum Gasteiger partial charge on any atom is 0.127 e. The van der Waals surface area contributed by atoms with Gasteiger partial charge in [-0.2, -0.15) is 0 Å². The molecule has 1 aliphatic heterocycles. The second-order valence-corrected chi connectivity index (χ2v) is 6.08. The van der Waals surface area contributed by atoms with Crippen molar-refractivity contribution >= 4 is 11.6 Å². The van der Waals surface area contributed by atoms with Gasteiger partial charge in [-0.05, 0) is 38.0 Å². The minimum absolute atomic E-state index is 0.155. The van der Waals surface area contributed by atoms with E-state index in [2.05, 4.69) is 26.1 Å². The molecule has 2 nitrogen and oxygen atoms in total. The van der Waals surface area contributed by atoms with Crippen molar-refractivity contribution in [2.45, 2.75) is 52.1 Å². The second kappa shape index (κ2) is 5.50. The summed E-state index contributed by atoms with van der Waals surface area (Å²) in [6, 6.07) is 4.03. The lowest BCUT2D eigenvalue weighted by molar-refractivity contribution is 0.337. The van der Waals surface area contributed by atoms with E-state index in [1.165, 1.54) is 17.5 Å². The lowest BCUT2D eigenvalue weighted by atomic mass is 9.98. The van der Waals surface area contributed by atoms with Crippen molar-refractivity contribution in [2.24, 2.45) is 0 Å². The lowest BCUT2D eigenvalue weighted by Crippen LogP contribution is -2.38. The van der Waals surface area contributed by atoms with Crippen LogP contribution in [0.25, 0.3) is 0 Å². The fourth-order valence-corrected chi connectivity index (χ4v) is 2.79. The highest BCUT2D eigenvalue weighted by atomic mass is 35.5. The van der Waals surface area contributed by atoms with Crippen LogP contribution in [0.5, 0.6) is 5.75 Å². The molecule has 2 rings (SSSR count). The Morgan fingerprint density at radius 3 is 2.89 bits per heavy atom. The molecule has 100 valence electrons. The molecule has 0 bridgehead atoms. The summed E-state index contributed by atoms with van der Waals surface area (Å²) in [5.41, 5.74) is 2.58. The van der Waals surface area contributed by atoms with E-state index in [-0.39, 0.29) is 5.54 Å². The predicted octanol–water partition coefficient (Wildman–Crippen LogP) is 3.94. The van der Waals surface area contributed by atoms with Crippen molar-refractivity contribution in [1.29, 1.82) is 0 Å². The molecule has 0 saturated heterocycles. The van der Waals surface area contributed by atoms with Gasteiger partial charge in [0.25, 0.3) is 0 Å². The molecule has 0 aliphatic carbocycles. The Bertz CT molecular complexity index is 429. The van der Waals surface area contributed by atoms with Crippen LogP contribution in [0.1, 0.15) is 44.7 Å². The van der Waals surface area contributed by atoms with E-state index in [1.807, 2.05) is 12.1 Å². The molecule has 1 heterocycles. The highest BCUT2D eigenvalue weighted by molar-refractivity contribution is 6.30. The SMILES string of the molecule is CCCC(C)(C)NCc1cc(Cl)cc2c1OCC2. The fraction of sp³-hybridized carbons (Fsp3) is 0.600. The molecule has 0 radical (unpaired) electrons. The minimum Gasteiger partial charge on any atom is -0.493 e. The first-order chi connectivity index (χ1) is 8.52. The van der Waals surface area contributed by atoms with Crippen LogP contribution in [0.4, 0.5) is 0 Å². The van der Waals surface area contributed by atoms with Gasteiger partial charge >= 0.3 is 0 Å². The van der Waals surface area contributed by atoms with Crippen LogP contribution in [0, 0.1) is 0 Å². The summed E-state index contributed by atoms with van der Waals surface area (Å²) in [6.45, 7) is 8.28. The Kier molecular flexibility index (Phi) is 4.18. The molecule has 1 aliphatic rings. The lowest BCUT2D eigenvalue weighted by Gasteiger charge is -2.26. The predicted molar refractivity (Wildman–Crippen MR) is 76.5 cm³/mol. The number of hydrogen-bond donors (Lipinski definition) is 1.